The lowest BCUT2D eigenvalue weighted by atomic mass is 9.91. The number of carboxylic acid groups (broad SMARTS) is 1. The molecule has 2 aromatic rings. The normalized spacial score (nSPS) is 13.7. The summed E-state index contributed by atoms with van der Waals surface area (Å²) in [5.41, 5.74) is -0.420. The van der Waals surface area contributed by atoms with E-state index in [1.54, 1.807) is 0 Å². The lowest BCUT2D eigenvalue weighted by molar-refractivity contribution is -0.146. The molecule has 0 unspecified atom stereocenters. The Morgan fingerprint density at radius 2 is 1.80 bits per heavy atom. The first-order valence-electron chi connectivity index (χ1n) is 6.40. The van der Waals surface area contributed by atoms with Gasteiger partial charge in [-0.1, -0.05) is 42.5 Å². The summed E-state index contributed by atoms with van der Waals surface area (Å²) >= 11 is 0. The van der Waals surface area contributed by atoms with Crippen molar-refractivity contribution >= 4 is 22.6 Å². The average Bonchev–Trinajstić information content (AvgIpc) is 2.37. The Morgan fingerprint density at radius 3 is 2.40 bits per heavy atom. The standard InChI is InChI=1S/C16H17NO3/c1-11(18)17-16(2,15(19)20)10-12-7-8-13-5-3-4-6-14(13)9-12/h3-9H,10H2,1-2H3,(H,17,18)(H,19,20)/t16-/m0/s1. The number of hydrogen-bond donors (Lipinski definition) is 2. The van der Waals surface area contributed by atoms with Crippen LogP contribution in [0.1, 0.15) is 19.4 Å². The lowest BCUT2D eigenvalue weighted by Crippen LogP contribution is -2.53. The third-order valence-electron chi connectivity index (χ3n) is 3.30. The van der Waals surface area contributed by atoms with E-state index in [1.807, 2.05) is 42.5 Å². The van der Waals surface area contributed by atoms with Crippen LogP contribution in [0.25, 0.3) is 10.8 Å². The Morgan fingerprint density at radius 1 is 1.15 bits per heavy atom. The van der Waals surface area contributed by atoms with Gasteiger partial charge in [0.25, 0.3) is 0 Å². The number of carbonyl (C=O) groups excluding carboxylic acids is 1. The molecule has 0 saturated heterocycles. The van der Waals surface area contributed by atoms with E-state index in [0.29, 0.717) is 0 Å². The van der Waals surface area contributed by atoms with Gasteiger partial charge in [0.2, 0.25) is 5.91 Å². The highest BCUT2D eigenvalue weighted by molar-refractivity contribution is 5.87. The van der Waals surface area contributed by atoms with Crippen molar-refractivity contribution in [3.63, 3.8) is 0 Å². The highest BCUT2D eigenvalue weighted by atomic mass is 16.4. The number of carbonyl (C=O) groups is 2. The first kappa shape index (κ1) is 14.1. The third kappa shape index (κ3) is 2.96. The fourth-order valence-corrected chi connectivity index (χ4v) is 2.32. The van der Waals surface area contributed by atoms with E-state index >= 15 is 0 Å². The summed E-state index contributed by atoms with van der Waals surface area (Å²) in [7, 11) is 0. The minimum Gasteiger partial charge on any atom is -0.480 e. The Balaban J connectivity index is 2.33. The van der Waals surface area contributed by atoms with Gasteiger partial charge in [0.05, 0.1) is 0 Å². The highest BCUT2D eigenvalue weighted by Crippen LogP contribution is 2.20. The summed E-state index contributed by atoms with van der Waals surface area (Å²) in [6.07, 6.45) is 0.243. The minimum absolute atomic E-state index is 0.243. The van der Waals surface area contributed by atoms with Crippen LogP contribution in [0, 0.1) is 0 Å². The molecule has 0 aromatic heterocycles. The molecule has 0 spiro atoms. The molecule has 0 aliphatic rings. The fourth-order valence-electron chi connectivity index (χ4n) is 2.32. The second-order valence-corrected chi connectivity index (χ2v) is 5.18. The summed E-state index contributed by atoms with van der Waals surface area (Å²) in [6, 6.07) is 13.7. The van der Waals surface area contributed by atoms with Crippen LogP contribution in [0.2, 0.25) is 0 Å². The maximum Gasteiger partial charge on any atom is 0.329 e. The van der Waals surface area contributed by atoms with Crippen LogP contribution in [-0.2, 0) is 16.0 Å². The summed E-state index contributed by atoms with van der Waals surface area (Å²) in [5.74, 6) is -1.39. The summed E-state index contributed by atoms with van der Waals surface area (Å²) < 4.78 is 0. The number of fused-ring (bicyclic) bond motifs is 1. The van der Waals surface area contributed by atoms with Crippen LogP contribution in [-0.4, -0.2) is 22.5 Å². The van der Waals surface area contributed by atoms with Gasteiger partial charge in [-0.05, 0) is 23.3 Å². The number of carboxylic acids is 1. The molecule has 0 heterocycles. The van der Waals surface area contributed by atoms with Crippen molar-refractivity contribution in [3.8, 4) is 0 Å². The van der Waals surface area contributed by atoms with Crippen molar-refractivity contribution in [1.82, 2.24) is 5.32 Å². The topological polar surface area (TPSA) is 66.4 Å². The van der Waals surface area contributed by atoms with Gasteiger partial charge in [-0.25, -0.2) is 4.79 Å². The molecule has 0 aliphatic heterocycles. The predicted molar refractivity (Wildman–Crippen MR) is 77.5 cm³/mol. The van der Waals surface area contributed by atoms with Gasteiger partial charge in [0.1, 0.15) is 5.54 Å². The predicted octanol–water partition coefficient (Wildman–Crippen LogP) is 2.36. The molecule has 0 radical (unpaired) electrons. The maximum absolute atomic E-state index is 11.4. The fraction of sp³-hybridized carbons (Fsp3) is 0.250. The molecule has 0 fully saturated rings. The number of nitrogens with one attached hydrogen (secondary N) is 1. The van der Waals surface area contributed by atoms with Gasteiger partial charge >= 0.3 is 5.97 Å². The molecule has 20 heavy (non-hydrogen) atoms. The van der Waals surface area contributed by atoms with E-state index in [4.69, 9.17) is 0 Å². The zero-order valence-electron chi connectivity index (χ0n) is 11.5. The smallest absolute Gasteiger partial charge is 0.329 e. The number of hydrogen-bond acceptors (Lipinski definition) is 2. The molecule has 1 amide bonds. The van der Waals surface area contributed by atoms with Gasteiger partial charge in [0.15, 0.2) is 0 Å². The van der Waals surface area contributed by atoms with Crippen molar-refractivity contribution in [2.75, 3.05) is 0 Å². The second kappa shape index (κ2) is 5.33. The number of amides is 1. The SMILES string of the molecule is CC(=O)N[C@@](C)(Cc1ccc2ccccc2c1)C(=O)O. The van der Waals surface area contributed by atoms with Crippen LogP contribution >= 0.6 is 0 Å². The Labute approximate surface area is 117 Å². The van der Waals surface area contributed by atoms with Crippen molar-refractivity contribution in [3.05, 3.63) is 48.0 Å². The van der Waals surface area contributed by atoms with Crippen molar-refractivity contribution in [2.45, 2.75) is 25.8 Å². The van der Waals surface area contributed by atoms with Gasteiger partial charge in [-0.3, -0.25) is 4.79 Å². The third-order valence-corrected chi connectivity index (χ3v) is 3.30. The Bertz CT molecular complexity index is 666. The molecule has 0 saturated carbocycles. The highest BCUT2D eigenvalue weighted by Gasteiger charge is 2.34. The van der Waals surface area contributed by atoms with Gasteiger partial charge in [-0.2, -0.15) is 0 Å². The molecule has 2 rings (SSSR count). The average molecular weight is 271 g/mol. The quantitative estimate of drug-likeness (QED) is 0.897. The van der Waals surface area contributed by atoms with Crippen LogP contribution in [0.3, 0.4) is 0 Å². The second-order valence-electron chi connectivity index (χ2n) is 5.18. The van der Waals surface area contributed by atoms with E-state index in [2.05, 4.69) is 5.32 Å². The van der Waals surface area contributed by atoms with Crippen LogP contribution in [0.15, 0.2) is 42.5 Å². The molecule has 4 heteroatoms. The maximum atomic E-state index is 11.4. The molecule has 2 aromatic carbocycles. The largest absolute Gasteiger partial charge is 0.480 e. The first-order valence-corrected chi connectivity index (χ1v) is 6.40. The molecule has 4 nitrogen and oxygen atoms in total. The van der Waals surface area contributed by atoms with E-state index in [-0.39, 0.29) is 12.3 Å². The van der Waals surface area contributed by atoms with Crippen LogP contribution in [0.4, 0.5) is 0 Å². The first-order chi connectivity index (χ1) is 9.40. The molecular weight excluding hydrogens is 254 g/mol. The number of benzene rings is 2. The van der Waals surface area contributed by atoms with Crippen molar-refractivity contribution in [2.24, 2.45) is 0 Å². The molecule has 2 N–H and O–H groups in total. The summed E-state index contributed by atoms with van der Waals surface area (Å²) in [4.78, 5) is 22.6. The summed E-state index contributed by atoms with van der Waals surface area (Å²) in [6.45, 7) is 2.84. The Hall–Kier alpha value is -2.36. The summed E-state index contributed by atoms with van der Waals surface area (Å²) in [5, 5.41) is 14.0. The number of aliphatic carboxylic acids is 1. The molecule has 0 aliphatic carbocycles. The van der Waals surface area contributed by atoms with E-state index in [0.717, 1.165) is 16.3 Å². The molecule has 1 atom stereocenters. The van der Waals surface area contributed by atoms with Crippen molar-refractivity contribution < 1.29 is 14.7 Å². The monoisotopic (exact) mass is 271 g/mol. The van der Waals surface area contributed by atoms with Crippen LogP contribution < -0.4 is 5.32 Å². The zero-order valence-corrected chi connectivity index (χ0v) is 11.5. The number of rotatable bonds is 4. The van der Waals surface area contributed by atoms with Crippen molar-refractivity contribution in [1.29, 1.82) is 0 Å². The van der Waals surface area contributed by atoms with Crippen LogP contribution in [0.5, 0.6) is 0 Å². The van der Waals surface area contributed by atoms with E-state index in [1.165, 1.54) is 13.8 Å². The molecule has 104 valence electrons. The van der Waals surface area contributed by atoms with Gasteiger partial charge in [-0.15, -0.1) is 0 Å². The minimum atomic E-state index is -1.30. The Kier molecular flexibility index (Phi) is 3.74. The van der Waals surface area contributed by atoms with E-state index in [9.17, 15) is 14.7 Å². The van der Waals surface area contributed by atoms with E-state index < -0.39 is 11.5 Å². The molecular formula is C16H17NO3. The zero-order chi connectivity index (χ0) is 14.8. The molecule has 0 bridgehead atoms. The van der Waals surface area contributed by atoms with Gasteiger partial charge in [0, 0.05) is 13.3 Å². The van der Waals surface area contributed by atoms with Gasteiger partial charge < -0.3 is 10.4 Å². The lowest BCUT2D eigenvalue weighted by Gasteiger charge is -2.25.